The van der Waals surface area contributed by atoms with Crippen LogP contribution in [-0.2, 0) is 12.7 Å². The van der Waals surface area contributed by atoms with Crippen molar-refractivity contribution in [3.63, 3.8) is 0 Å². The highest BCUT2D eigenvalue weighted by Crippen LogP contribution is 2.41. The van der Waals surface area contributed by atoms with Gasteiger partial charge in [-0.05, 0) is 30.7 Å². The van der Waals surface area contributed by atoms with Crippen LogP contribution in [0.5, 0.6) is 5.75 Å². The molecule has 1 aliphatic heterocycles. The molecule has 0 saturated heterocycles. The number of pyridine rings is 2. The minimum atomic E-state index is -4.66. The summed E-state index contributed by atoms with van der Waals surface area (Å²) in [6.07, 6.45) is -2.06. The van der Waals surface area contributed by atoms with Gasteiger partial charge < -0.3 is 19.7 Å². The summed E-state index contributed by atoms with van der Waals surface area (Å²) in [5.41, 5.74) is -0.960. The number of urea groups is 1. The Bertz CT molecular complexity index is 1660. The number of alkyl halides is 3. The lowest BCUT2D eigenvalue weighted by atomic mass is 9.98. The van der Waals surface area contributed by atoms with Gasteiger partial charge in [0, 0.05) is 35.4 Å². The number of anilines is 1. The number of carboxylic acid groups (broad SMARTS) is 1. The predicted octanol–water partition coefficient (Wildman–Crippen LogP) is 4.44. The van der Waals surface area contributed by atoms with Gasteiger partial charge in [0.2, 0.25) is 5.43 Å². The van der Waals surface area contributed by atoms with Gasteiger partial charge in [0.25, 0.3) is 0 Å². The molecule has 3 N–H and O–H groups in total. The number of carbonyl (C=O) groups excluding carboxylic acids is 1. The van der Waals surface area contributed by atoms with E-state index in [4.69, 9.17) is 4.74 Å². The fourth-order valence-electron chi connectivity index (χ4n) is 4.13. The highest BCUT2D eigenvalue weighted by Gasteiger charge is 2.34. The Morgan fingerprint density at radius 1 is 1.24 bits per heavy atom. The molecule has 5 rings (SSSR count). The van der Waals surface area contributed by atoms with Gasteiger partial charge in [0.15, 0.2) is 5.69 Å². The zero-order valence-electron chi connectivity index (χ0n) is 19.5. The molecule has 196 valence electrons. The molecule has 38 heavy (non-hydrogen) atoms. The van der Waals surface area contributed by atoms with Crippen LogP contribution in [0.4, 0.5) is 23.8 Å². The molecule has 0 bridgehead atoms. The SMILES string of the molecule is CCNC(=O)Nc1cc(-c2nc(C(F)(F)F)cs2)c(-c2cc3c4c(c2)c(=O)c(C(=O)O)cn4CCO3)cn1. The second-order valence-electron chi connectivity index (χ2n) is 8.22. The molecule has 0 radical (unpaired) electrons. The monoisotopic (exact) mass is 545 g/mol. The van der Waals surface area contributed by atoms with Crippen LogP contribution in [0.2, 0.25) is 0 Å². The number of hydrogen-bond donors (Lipinski definition) is 3. The van der Waals surface area contributed by atoms with Gasteiger partial charge in [0.05, 0.1) is 17.4 Å². The minimum Gasteiger partial charge on any atom is -0.489 e. The molecule has 0 fully saturated rings. The van der Waals surface area contributed by atoms with E-state index in [0.717, 1.165) is 16.7 Å². The highest BCUT2D eigenvalue weighted by molar-refractivity contribution is 7.13. The molecule has 0 unspecified atom stereocenters. The first-order valence-electron chi connectivity index (χ1n) is 11.2. The average molecular weight is 545 g/mol. The molecule has 0 saturated carbocycles. The number of benzene rings is 1. The van der Waals surface area contributed by atoms with Crippen LogP contribution >= 0.6 is 11.3 Å². The predicted molar refractivity (Wildman–Crippen MR) is 133 cm³/mol. The second kappa shape index (κ2) is 9.45. The number of ether oxygens (including phenoxy) is 1. The summed E-state index contributed by atoms with van der Waals surface area (Å²) in [5, 5.41) is 15.5. The standard InChI is InChI=1S/C24H18F3N5O5S/c1-2-28-23(36)31-18-7-12(21-30-17(10-38-21)24(25,26)27)14(8-29-18)11-5-13-19-16(6-11)37-4-3-32(19)9-15(20(13)33)22(34)35/h5-10H,2-4H2,1H3,(H,34,35)(H2,28,29,31,36). The molecule has 0 spiro atoms. The van der Waals surface area contributed by atoms with Gasteiger partial charge in [0.1, 0.15) is 28.7 Å². The van der Waals surface area contributed by atoms with Gasteiger partial charge in [-0.1, -0.05) is 0 Å². The first-order chi connectivity index (χ1) is 18.1. The third-order valence-electron chi connectivity index (χ3n) is 5.78. The summed E-state index contributed by atoms with van der Waals surface area (Å²) < 4.78 is 47.3. The maximum atomic E-state index is 13.3. The van der Waals surface area contributed by atoms with Crippen molar-refractivity contribution in [1.82, 2.24) is 19.9 Å². The number of nitrogens with one attached hydrogen (secondary N) is 2. The van der Waals surface area contributed by atoms with Crippen molar-refractivity contribution in [2.24, 2.45) is 0 Å². The van der Waals surface area contributed by atoms with Crippen LogP contribution in [0.1, 0.15) is 23.0 Å². The Morgan fingerprint density at radius 3 is 2.71 bits per heavy atom. The van der Waals surface area contributed by atoms with E-state index in [9.17, 15) is 32.7 Å². The number of halogens is 3. The molecule has 2 amide bonds. The molecule has 4 heterocycles. The third kappa shape index (κ3) is 4.53. The maximum absolute atomic E-state index is 13.3. The number of thiazole rings is 1. The Balaban J connectivity index is 1.73. The second-order valence-corrected chi connectivity index (χ2v) is 9.08. The van der Waals surface area contributed by atoms with Crippen LogP contribution in [0.15, 0.2) is 40.8 Å². The summed E-state index contributed by atoms with van der Waals surface area (Å²) >= 11 is 0.751. The molecule has 14 heteroatoms. The lowest BCUT2D eigenvalue weighted by molar-refractivity contribution is -0.140. The van der Waals surface area contributed by atoms with E-state index >= 15 is 0 Å². The van der Waals surface area contributed by atoms with E-state index in [2.05, 4.69) is 20.6 Å². The van der Waals surface area contributed by atoms with Crippen LogP contribution in [-0.4, -0.2) is 44.8 Å². The molecule has 0 atom stereocenters. The quantitative estimate of drug-likeness (QED) is 0.337. The van der Waals surface area contributed by atoms with Crippen LogP contribution in [0.3, 0.4) is 0 Å². The lowest BCUT2D eigenvalue weighted by Gasteiger charge is -2.22. The van der Waals surface area contributed by atoms with Gasteiger partial charge in [-0.15, -0.1) is 11.3 Å². The Labute approximate surface area is 215 Å². The molecule has 4 aromatic rings. The summed E-state index contributed by atoms with van der Waals surface area (Å²) in [6.45, 7) is 2.60. The fraction of sp³-hybridized carbons (Fsp3) is 0.208. The number of aromatic carboxylic acids is 1. The highest BCUT2D eigenvalue weighted by atomic mass is 32.1. The first-order valence-corrected chi connectivity index (χ1v) is 12.1. The van der Waals surface area contributed by atoms with Gasteiger partial charge in [-0.3, -0.25) is 10.1 Å². The van der Waals surface area contributed by atoms with Crippen molar-refractivity contribution in [2.75, 3.05) is 18.5 Å². The maximum Gasteiger partial charge on any atom is 0.434 e. The molecule has 3 aromatic heterocycles. The molecule has 1 aliphatic rings. The van der Waals surface area contributed by atoms with Crippen molar-refractivity contribution < 1.29 is 32.6 Å². The Hall–Kier alpha value is -4.46. The van der Waals surface area contributed by atoms with Crippen LogP contribution < -0.4 is 20.8 Å². The first kappa shape index (κ1) is 25.2. The van der Waals surface area contributed by atoms with Crippen LogP contribution in [0.25, 0.3) is 32.6 Å². The summed E-state index contributed by atoms with van der Waals surface area (Å²) in [6, 6.07) is 3.88. The Kier molecular flexibility index (Phi) is 6.26. The van der Waals surface area contributed by atoms with Crippen molar-refractivity contribution in [3.8, 4) is 27.4 Å². The number of aromatic nitrogens is 3. The largest absolute Gasteiger partial charge is 0.489 e. The number of carbonyl (C=O) groups is 2. The zero-order valence-corrected chi connectivity index (χ0v) is 20.4. The Morgan fingerprint density at radius 2 is 2.03 bits per heavy atom. The number of hydrogen-bond acceptors (Lipinski definition) is 7. The van der Waals surface area contributed by atoms with Gasteiger partial charge >= 0.3 is 18.2 Å². The van der Waals surface area contributed by atoms with E-state index in [1.54, 1.807) is 17.6 Å². The zero-order chi connectivity index (χ0) is 27.2. The molecule has 10 nitrogen and oxygen atoms in total. The number of nitrogens with zero attached hydrogens (tertiary/aromatic N) is 3. The number of amides is 2. The lowest BCUT2D eigenvalue weighted by Crippen LogP contribution is -2.28. The third-order valence-corrected chi connectivity index (χ3v) is 6.65. The van der Waals surface area contributed by atoms with Crippen molar-refractivity contribution >= 4 is 40.1 Å². The molecular formula is C24H18F3N5O5S. The number of rotatable bonds is 5. The molecular weight excluding hydrogens is 527 g/mol. The van der Waals surface area contributed by atoms with Gasteiger partial charge in [-0.2, -0.15) is 13.2 Å². The smallest absolute Gasteiger partial charge is 0.434 e. The van der Waals surface area contributed by atoms with Gasteiger partial charge in [-0.25, -0.2) is 19.6 Å². The van der Waals surface area contributed by atoms with Crippen molar-refractivity contribution in [3.05, 3.63) is 57.5 Å². The van der Waals surface area contributed by atoms with Crippen molar-refractivity contribution in [2.45, 2.75) is 19.6 Å². The normalized spacial score (nSPS) is 12.7. The topological polar surface area (TPSA) is 135 Å². The summed E-state index contributed by atoms with van der Waals surface area (Å²) in [4.78, 5) is 44.7. The van der Waals surface area contributed by atoms with E-state index in [0.29, 0.717) is 35.5 Å². The average Bonchev–Trinajstić information content (AvgIpc) is 3.37. The minimum absolute atomic E-state index is 0.0000294. The molecule has 1 aromatic carbocycles. The fourth-order valence-corrected chi connectivity index (χ4v) is 4.99. The van der Waals surface area contributed by atoms with E-state index < -0.39 is 34.9 Å². The van der Waals surface area contributed by atoms with E-state index in [-0.39, 0.29) is 28.4 Å². The molecule has 0 aliphatic carbocycles. The summed E-state index contributed by atoms with van der Waals surface area (Å²) in [7, 11) is 0. The summed E-state index contributed by atoms with van der Waals surface area (Å²) in [5.74, 6) is -1.01. The van der Waals surface area contributed by atoms with E-state index in [1.165, 1.54) is 24.5 Å². The van der Waals surface area contributed by atoms with Crippen molar-refractivity contribution in [1.29, 1.82) is 0 Å². The number of carboxylic acids is 1. The van der Waals surface area contributed by atoms with Crippen LogP contribution in [0, 0.1) is 0 Å². The van der Waals surface area contributed by atoms with E-state index in [1.807, 2.05) is 0 Å².